The number of piperazine rings is 2. The number of fused-ring (bicyclic) bond motifs is 2. The molecule has 0 aliphatic carbocycles. The molecule has 0 bridgehead atoms. The van der Waals surface area contributed by atoms with Crippen LogP contribution in [0.15, 0.2) is 73.3 Å². The van der Waals surface area contributed by atoms with Crippen molar-refractivity contribution in [1.82, 2.24) is 49.9 Å². The summed E-state index contributed by atoms with van der Waals surface area (Å²) in [7, 11) is 3.41. The molecule has 0 unspecified atom stereocenters. The number of benzene rings is 2. The van der Waals surface area contributed by atoms with E-state index in [4.69, 9.17) is 14.2 Å². The van der Waals surface area contributed by atoms with Crippen LogP contribution in [0.4, 0.5) is 52.5 Å². The van der Waals surface area contributed by atoms with Gasteiger partial charge in [-0.1, -0.05) is 28.1 Å². The third-order valence-electron chi connectivity index (χ3n) is 13.6. The number of nitrogens with zero attached hydrogens (tertiary/aromatic N) is 11. The molecule has 6 aromatic rings. The van der Waals surface area contributed by atoms with Crippen molar-refractivity contribution in [3.05, 3.63) is 108 Å². The number of rotatable bonds is 17. The lowest BCUT2D eigenvalue weighted by Crippen LogP contribution is -2.46. The quantitative estimate of drug-likeness (QED) is 0.0585. The molecule has 80 heavy (non-hydrogen) atoms. The molecule has 0 spiro atoms. The average molecular weight is 1200 g/mol. The van der Waals surface area contributed by atoms with Gasteiger partial charge < -0.3 is 44.7 Å². The molecule has 8 heterocycles. The van der Waals surface area contributed by atoms with Gasteiger partial charge in [0.25, 0.3) is 0 Å². The number of aromatic nitrogens is 6. The van der Waals surface area contributed by atoms with Crippen molar-refractivity contribution < 1.29 is 36.5 Å². The zero-order valence-electron chi connectivity index (χ0n) is 46.2. The molecule has 432 valence electrons. The van der Waals surface area contributed by atoms with Gasteiger partial charge in [-0.05, 0) is 75.2 Å². The molecule has 0 radical (unpaired) electrons. The molecule has 2 saturated heterocycles. The van der Waals surface area contributed by atoms with Gasteiger partial charge in [0.05, 0.1) is 50.1 Å². The molecule has 0 saturated carbocycles. The van der Waals surface area contributed by atoms with Crippen molar-refractivity contribution in [2.45, 2.75) is 52.9 Å². The van der Waals surface area contributed by atoms with Crippen LogP contribution in [0.3, 0.4) is 0 Å². The van der Waals surface area contributed by atoms with Crippen LogP contribution in [0.2, 0.25) is 0 Å². The number of alkyl halides is 1. The number of ether oxygens (including phenoxy) is 4. The highest BCUT2D eigenvalue weighted by atomic mass is 79.9. The number of hydrogen-bond donors (Lipinski definition) is 3. The minimum absolute atomic E-state index is 0. The van der Waals surface area contributed by atoms with E-state index in [-0.39, 0.29) is 59.3 Å². The van der Waals surface area contributed by atoms with Gasteiger partial charge in [-0.3, -0.25) is 14.7 Å². The van der Waals surface area contributed by atoms with Crippen LogP contribution in [0.25, 0.3) is 22.5 Å². The Kier molecular flexibility index (Phi) is 23.2. The van der Waals surface area contributed by atoms with E-state index in [0.29, 0.717) is 60.4 Å². The zero-order valence-corrected chi connectivity index (χ0v) is 48.6. The van der Waals surface area contributed by atoms with Gasteiger partial charge in [0.1, 0.15) is 36.2 Å². The molecule has 4 aliphatic heterocycles. The summed E-state index contributed by atoms with van der Waals surface area (Å²) in [6, 6.07) is 13.9. The molecule has 24 heteroatoms. The van der Waals surface area contributed by atoms with Crippen molar-refractivity contribution >= 4 is 63.2 Å². The van der Waals surface area contributed by atoms with E-state index in [2.05, 4.69) is 81.2 Å². The van der Waals surface area contributed by atoms with Gasteiger partial charge in [0.15, 0.2) is 34.8 Å². The maximum absolute atomic E-state index is 15.0. The SMILES string of the molecule is CC(C)N1CCOc2c(F)cc(-c3nc(Nc4ccc(CN5CCNCC5)cn4)ncc3F)cc21.COCCBr.COCCN1CCN(Cc2ccc(Nc3ncc(F)c(-c4cc(F)c5c(c4)N(C(C)C)CCO5)n3)nc2)CC1.Cl. The molecule has 4 aromatic heterocycles. The van der Waals surface area contributed by atoms with Crippen LogP contribution in [-0.4, -0.2) is 175 Å². The lowest BCUT2D eigenvalue weighted by atomic mass is 10.1. The van der Waals surface area contributed by atoms with Crippen molar-refractivity contribution in [2.24, 2.45) is 0 Å². The summed E-state index contributed by atoms with van der Waals surface area (Å²) in [5.41, 5.74) is 4.05. The monoisotopic (exact) mass is 1190 g/mol. The first-order chi connectivity index (χ1) is 38.3. The smallest absolute Gasteiger partial charge is 0.229 e. The van der Waals surface area contributed by atoms with Crippen molar-refractivity contribution in [3.63, 3.8) is 0 Å². The molecular formula is C56H72BrClF4N14O4. The maximum Gasteiger partial charge on any atom is 0.229 e. The Morgan fingerprint density at radius 2 is 1.02 bits per heavy atom. The number of anilines is 6. The summed E-state index contributed by atoms with van der Waals surface area (Å²) < 4.78 is 80.3. The minimum Gasteiger partial charge on any atom is -0.486 e. The Bertz CT molecular complexity index is 2910. The second-order valence-electron chi connectivity index (χ2n) is 19.8. The molecule has 2 fully saturated rings. The van der Waals surface area contributed by atoms with Crippen LogP contribution in [0.1, 0.15) is 38.8 Å². The summed E-state index contributed by atoms with van der Waals surface area (Å²) in [4.78, 5) is 37.0. The van der Waals surface area contributed by atoms with Gasteiger partial charge in [0.2, 0.25) is 11.9 Å². The van der Waals surface area contributed by atoms with Crippen LogP contribution >= 0.6 is 28.3 Å². The lowest BCUT2D eigenvalue weighted by molar-refractivity contribution is 0.0938. The fourth-order valence-electron chi connectivity index (χ4n) is 9.48. The Labute approximate surface area is 480 Å². The van der Waals surface area contributed by atoms with E-state index in [1.54, 1.807) is 26.4 Å². The van der Waals surface area contributed by atoms with E-state index in [0.717, 1.165) is 114 Å². The van der Waals surface area contributed by atoms with Crippen molar-refractivity contribution in [3.8, 4) is 34.0 Å². The number of nitrogens with one attached hydrogen (secondary N) is 3. The summed E-state index contributed by atoms with van der Waals surface area (Å²) in [6.45, 7) is 22.4. The van der Waals surface area contributed by atoms with E-state index in [9.17, 15) is 17.6 Å². The normalized spacial score (nSPS) is 15.6. The predicted octanol–water partition coefficient (Wildman–Crippen LogP) is 8.95. The average Bonchev–Trinajstić information content (AvgIpc) is 3.45. The molecule has 18 nitrogen and oxygen atoms in total. The highest BCUT2D eigenvalue weighted by Gasteiger charge is 2.28. The number of halogens is 6. The van der Waals surface area contributed by atoms with Crippen molar-refractivity contribution in [2.75, 3.05) is 138 Å². The Balaban J connectivity index is 0.000000212. The Morgan fingerprint density at radius 1 is 0.575 bits per heavy atom. The van der Waals surface area contributed by atoms with Gasteiger partial charge in [0, 0.05) is 127 Å². The first-order valence-corrected chi connectivity index (χ1v) is 27.8. The van der Waals surface area contributed by atoms with E-state index in [1.807, 2.05) is 74.2 Å². The molecule has 0 amide bonds. The van der Waals surface area contributed by atoms with Crippen LogP contribution in [0, 0.1) is 23.3 Å². The molecule has 4 aliphatic rings. The molecule has 2 aromatic carbocycles. The van der Waals surface area contributed by atoms with E-state index in [1.165, 1.54) is 12.1 Å². The van der Waals surface area contributed by atoms with Gasteiger partial charge >= 0.3 is 0 Å². The summed E-state index contributed by atoms with van der Waals surface area (Å²) in [5.74, 6) is -0.561. The number of pyridine rings is 2. The maximum atomic E-state index is 15.0. The predicted molar refractivity (Wildman–Crippen MR) is 310 cm³/mol. The highest BCUT2D eigenvalue weighted by molar-refractivity contribution is 9.09. The minimum atomic E-state index is -0.640. The second kappa shape index (κ2) is 30.1. The largest absolute Gasteiger partial charge is 0.486 e. The summed E-state index contributed by atoms with van der Waals surface area (Å²) in [5, 5.41) is 10.3. The third-order valence-corrected chi connectivity index (χ3v) is 13.9. The van der Waals surface area contributed by atoms with Crippen LogP contribution in [-0.2, 0) is 22.6 Å². The first kappa shape index (κ1) is 61.6. The van der Waals surface area contributed by atoms with E-state index >= 15 is 0 Å². The van der Waals surface area contributed by atoms with Gasteiger partial charge in [-0.15, -0.1) is 12.4 Å². The second-order valence-corrected chi connectivity index (χ2v) is 20.6. The van der Waals surface area contributed by atoms with Gasteiger partial charge in [-0.2, -0.15) is 0 Å². The standard InChI is InChI=1S/C28H35F2N7O2.C25H29F2N7O.C3H7BrO.ClH/c1-19(2)37-11-13-39-27-22(29)14-21(15-24(27)37)26-23(30)17-32-28(34-26)33-25-5-4-20(16-31-25)18-36-8-6-35(7-9-36)10-12-38-3;1-16(2)34-9-10-35-24-19(26)11-18(12-21(24)34)23-20(27)14-30-25(32-23)31-22-4-3-17(13-29-22)15-33-7-5-28-6-8-33;1-5-3-2-4;/h4-5,14-17,19H,6-13,18H2,1-3H3,(H,31,32,33,34);3-4,11-14,16,28H,5-10,15H2,1-2H3,(H,29,30,31,32);2-3H2,1H3;1H. The lowest BCUT2D eigenvalue weighted by Gasteiger charge is -2.34. The molecule has 3 N–H and O–H groups in total. The van der Waals surface area contributed by atoms with E-state index < -0.39 is 23.3 Å². The highest BCUT2D eigenvalue weighted by Crippen LogP contribution is 2.41. The summed E-state index contributed by atoms with van der Waals surface area (Å²) in [6.07, 6.45) is 5.80. The third kappa shape index (κ3) is 16.5. The fraction of sp³-hybridized carbons (Fsp3) is 0.464. The summed E-state index contributed by atoms with van der Waals surface area (Å²) >= 11 is 3.18. The number of hydrogen-bond acceptors (Lipinski definition) is 18. The first-order valence-electron chi connectivity index (χ1n) is 26.7. The number of methoxy groups -OCH3 is 2. The molecular weight excluding hydrogens is 1120 g/mol. The molecule has 0 atom stereocenters. The zero-order chi connectivity index (χ0) is 55.8. The van der Waals surface area contributed by atoms with Crippen LogP contribution in [0.5, 0.6) is 11.5 Å². The fourth-order valence-corrected chi connectivity index (χ4v) is 9.80. The van der Waals surface area contributed by atoms with Crippen LogP contribution < -0.4 is 35.2 Å². The van der Waals surface area contributed by atoms with Crippen molar-refractivity contribution in [1.29, 1.82) is 0 Å². The molecule has 10 rings (SSSR count). The topological polar surface area (TPSA) is 167 Å². The Morgan fingerprint density at radius 3 is 1.43 bits per heavy atom. The van der Waals surface area contributed by atoms with Gasteiger partial charge in [-0.25, -0.2) is 47.5 Å². The Hall–Kier alpha value is -6.05.